The van der Waals surface area contributed by atoms with Crippen LogP contribution in [0.1, 0.15) is 0 Å². The summed E-state index contributed by atoms with van der Waals surface area (Å²) in [7, 11) is 0. The maximum Gasteiger partial charge on any atom is 0.220 e. The molecule has 0 aliphatic carbocycles. The van der Waals surface area contributed by atoms with Gasteiger partial charge in [-0.1, -0.05) is 0 Å². The second-order valence-electron chi connectivity index (χ2n) is 3.96. The number of halogens is 2. The van der Waals surface area contributed by atoms with Crippen molar-refractivity contribution in [3.8, 4) is 21.1 Å². The van der Waals surface area contributed by atoms with E-state index >= 15 is 0 Å². The number of nitrogen functional groups attached to an aromatic ring is 1. The van der Waals surface area contributed by atoms with Gasteiger partial charge in [0.1, 0.15) is 16.5 Å². The van der Waals surface area contributed by atoms with Crippen molar-refractivity contribution < 1.29 is 4.39 Å². The number of anilines is 1. The van der Waals surface area contributed by atoms with Crippen LogP contribution in [0.3, 0.4) is 0 Å². The summed E-state index contributed by atoms with van der Waals surface area (Å²) in [6.07, 6.45) is 3.32. The molecule has 4 nitrogen and oxygen atoms in total. The van der Waals surface area contributed by atoms with E-state index < -0.39 is 0 Å². The van der Waals surface area contributed by atoms with Gasteiger partial charge in [0.25, 0.3) is 0 Å². The van der Waals surface area contributed by atoms with E-state index in [-0.39, 0.29) is 11.8 Å². The molecule has 7 heteroatoms. The van der Waals surface area contributed by atoms with Crippen molar-refractivity contribution >= 4 is 33.2 Å². The largest absolute Gasteiger partial charge is 0.368 e. The molecule has 20 heavy (non-hydrogen) atoms. The summed E-state index contributed by atoms with van der Waals surface area (Å²) < 4.78 is 13.7. The highest BCUT2D eigenvalue weighted by atomic mass is 79.9. The minimum Gasteiger partial charge on any atom is -0.368 e. The molecule has 0 fully saturated rings. The molecule has 0 bridgehead atoms. The topological polar surface area (TPSA) is 64.7 Å². The van der Waals surface area contributed by atoms with E-state index in [1.54, 1.807) is 24.5 Å². The summed E-state index contributed by atoms with van der Waals surface area (Å²) in [5.41, 5.74) is 7.16. The molecule has 0 saturated carbocycles. The molecule has 100 valence electrons. The molecule has 2 aromatic heterocycles. The first-order valence-corrected chi connectivity index (χ1v) is 7.24. The Labute approximate surface area is 126 Å². The zero-order valence-electron chi connectivity index (χ0n) is 10.0. The molecule has 2 N–H and O–H groups in total. The van der Waals surface area contributed by atoms with Crippen LogP contribution in [0.4, 0.5) is 10.3 Å². The summed E-state index contributed by atoms with van der Waals surface area (Å²) >= 11 is 4.85. The van der Waals surface area contributed by atoms with E-state index in [2.05, 4.69) is 30.9 Å². The van der Waals surface area contributed by atoms with Crippen LogP contribution >= 0.6 is 27.3 Å². The van der Waals surface area contributed by atoms with Gasteiger partial charge in [-0.25, -0.2) is 19.3 Å². The lowest BCUT2D eigenvalue weighted by Gasteiger charge is -2.00. The van der Waals surface area contributed by atoms with Crippen molar-refractivity contribution in [2.45, 2.75) is 0 Å². The number of rotatable bonds is 2. The van der Waals surface area contributed by atoms with Crippen molar-refractivity contribution in [1.82, 2.24) is 15.0 Å². The number of nitrogens with two attached hydrogens (primary N) is 1. The first-order valence-electron chi connectivity index (χ1n) is 5.63. The third kappa shape index (κ3) is 2.54. The normalized spacial score (nSPS) is 10.7. The highest BCUT2D eigenvalue weighted by Gasteiger charge is 2.11. The van der Waals surface area contributed by atoms with Gasteiger partial charge in [0.05, 0.1) is 9.35 Å². The first kappa shape index (κ1) is 13.1. The minimum atomic E-state index is -0.267. The second-order valence-corrected chi connectivity index (χ2v) is 5.85. The highest BCUT2D eigenvalue weighted by Crippen LogP contribution is 2.34. The van der Waals surface area contributed by atoms with Crippen LogP contribution in [-0.4, -0.2) is 15.0 Å². The quantitative estimate of drug-likeness (QED) is 0.764. The van der Waals surface area contributed by atoms with E-state index in [0.717, 1.165) is 19.9 Å². The minimum absolute atomic E-state index is 0.208. The van der Waals surface area contributed by atoms with Gasteiger partial charge in [-0.05, 0) is 40.2 Å². The fourth-order valence-electron chi connectivity index (χ4n) is 1.66. The third-order valence-electron chi connectivity index (χ3n) is 2.59. The summed E-state index contributed by atoms with van der Waals surface area (Å²) in [6, 6.07) is 6.21. The van der Waals surface area contributed by atoms with E-state index in [0.29, 0.717) is 5.69 Å². The maximum absolute atomic E-state index is 12.9. The van der Waals surface area contributed by atoms with Gasteiger partial charge < -0.3 is 5.73 Å². The summed E-state index contributed by atoms with van der Waals surface area (Å²) in [5.74, 6) is -0.0585. The maximum atomic E-state index is 12.9. The molecule has 3 aromatic rings. The van der Waals surface area contributed by atoms with E-state index in [9.17, 15) is 4.39 Å². The molecule has 0 spiro atoms. The van der Waals surface area contributed by atoms with Crippen LogP contribution in [0.5, 0.6) is 0 Å². The van der Waals surface area contributed by atoms with Crippen molar-refractivity contribution in [1.29, 1.82) is 0 Å². The van der Waals surface area contributed by atoms with Crippen molar-refractivity contribution in [2.75, 3.05) is 5.73 Å². The molecule has 3 rings (SSSR count). The third-order valence-corrected chi connectivity index (χ3v) is 4.23. The lowest BCUT2D eigenvalue weighted by atomic mass is 10.2. The predicted molar refractivity (Wildman–Crippen MR) is 80.6 cm³/mol. The second kappa shape index (κ2) is 5.26. The van der Waals surface area contributed by atoms with Crippen molar-refractivity contribution in [3.63, 3.8) is 0 Å². The summed E-state index contributed by atoms with van der Waals surface area (Å²) in [6.45, 7) is 0. The molecular formula is C13H8BrFN4S. The van der Waals surface area contributed by atoms with Gasteiger partial charge in [0.2, 0.25) is 5.95 Å². The van der Waals surface area contributed by atoms with Crippen LogP contribution in [0, 0.1) is 5.82 Å². The molecular weight excluding hydrogens is 343 g/mol. The van der Waals surface area contributed by atoms with Crippen LogP contribution < -0.4 is 5.73 Å². The Morgan fingerprint density at radius 2 is 1.85 bits per heavy atom. The standard InChI is InChI=1S/C13H8BrFN4S/c14-9-5-18-13(16)19-11(9)10-6-17-12(20-10)7-1-3-8(15)4-2-7/h1-6H,(H2,16,18,19). The molecule has 0 aliphatic heterocycles. The molecule has 1 aromatic carbocycles. The average molecular weight is 351 g/mol. The Morgan fingerprint density at radius 3 is 2.60 bits per heavy atom. The van der Waals surface area contributed by atoms with Crippen molar-refractivity contribution in [3.05, 3.63) is 46.9 Å². The van der Waals surface area contributed by atoms with Crippen molar-refractivity contribution in [2.24, 2.45) is 0 Å². The fraction of sp³-hybridized carbons (Fsp3) is 0. The monoisotopic (exact) mass is 350 g/mol. The number of hydrogen-bond donors (Lipinski definition) is 1. The van der Waals surface area contributed by atoms with Crippen LogP contribution in [0.2, 0.25) is 0 Å². The molecule has 0 atom stereocenters. The highest BCUT2D eigenvalue weighted by molar-refractivity contribution is 9.10. The number of nitrogens with zero attached hydrogens (tertiary/aromatic N) is 3. The van der Waals surface area contributed by atoms with Crippen LogP contribution in [0.15, 0.2) is 41.1 Å². The molecule has 2 heterocycles. The molecule has 0 amide bonds. The molecule has 0 saturated heterocycles. The Balaban J connectivity index is 2.01. The Bertz CT molecular complexity index is 757. The molecule has 0 radical (unpaired) electrons. The Hall–Kier alpha value is -1.86. The molecule has 0 unspecified atom stereocenters. The van der Waals surface area contributed by atoms with Gasteiger partial charge in [-0.3, -0.25) is 0 Å². The van der Waals surface area contributed by atoms with Gasteiger partial charge in [-0.15, -0.1) is 11.3 Å². The smallest absolute Gasteiger partial charge is 0.220 e. The molecule has 0 aliphatic rings. The van der Waals surface area contributed by atoms with Gasteiger partial charge in [0.15, 0.2) is 0 Å². The number of benzene rings is 1. The predicted octanol–water partition coefficient (Wildman–Crippen LogP) is 3.75. The zero-order chi connectivity index (χ0) is 14.1. The van der Waals surface area contributed by atoms with Gasteiger partial charge in [0, 0.05) is 18.0 Å². The fourth-order valence-corrected chi connectivity index (χ4v) is 3.12. The number of hydrogen-bond acceptors (Lipinski definition) is 5. The Morgan fingerprint density at radius 1 is 1.10 bits per heavy atom. The van der Waals surface area contributed by atoms with Crippen LogP contribution in [-0.2, 0) is 0 Å². The van der Waals surface area contributed by atoms with Gasteiger partial charge in [-0.2, -0.15) is 0 Å². The lowest BCUT2D eigenvalue weighted by molar-refractivity contribution is 0.628. The van der Waals surface area contributed by atoms with E-state index in [4.69, 9.17) is 5.73 Å². The lowest BCUT2D eigenvalue weighted by Crippen LogP contribution is -1.95. The zero-order valence-corrected chi connectivity index (χ0v) is 12.4. The summed E-state index contributed by atoms with van der Waals surface area (Å²) in [4.78, 5) is 13.3. The summed E-state index contributed by atoms with van der Waals surface area (Å²) in [5, 5.41) is 0.795. The van der Waals surface area contributed by atoms with E-state index in [1.807, 2.05) is 0 Å². The SMILES string of the molecule is Nc1ncc(Br)c(-c2cnc(-c3ccc(F)cc3)s2)n1. The van der Waals surface area contributed by atoms with E-state index in [1.165, 1.54) is 23.5 Å². The first-order chi connectivity index (χ1) is 9.63. The number of thiazole rings is 1. The average Bonchev–Trinajstić information content (AvgIpc) is 2.92. The Kier molecular flexibility index (Phi) is 3.45. The van der Waals surface area contributed by atoms with Crippen LogP contribution in [0.25, 0.3) is 21.1 Å². The van der Waals surface area contributed by atoms with Gasteiger partial charge >= 0.3 is 0 Å². The number of aromatic nitrogens is 3.